The van der Waals surface area contributed by atoms with Gasteiger partial charge in [0.05, 0.1) is 0 Å². The van der Waals surface area contributed by atoms with E-state index in [0.29, 0.717) is 0 Å². The van der Waals surface area contributed by atoms with Crippen LogP contribution < -0.4 is 0 Å². The van der Waals surface area contributed by atoms with Crippen LogP contribution in [-0.2, 0) is 0 Å². The normalized spacial score (nSPS) is 2.00. The minimum absolute atomic E-state index is 0. The van der Waals surface area contributed by atoms with E-state index in [1.54, 1.807) is 0 Å². The predicted molar refractivity (Wildman–Crippen MR) is 18.4 cm³/mol. The maximum atomic E-state index is 7.26. The van der Waals surface area contributed by atoms with Gasteiger partial charge in [0.1, 0.15) is 0 Å². The number of hydrogen-bond acceptors (Lipinski definition) is 2. The molecule has 0 saturated carbocycles. The fraction of sp³-hybridized carbons (Fsp3) is 0. The van der Waals surface area contributed by atoms with Crippen molar-refractivity contribution in [3.63, 3.8) is 0 Å². The first-order chi connectivity index (χ1) is 1.91. The van der Waals surface area contributed by atoms with Crippen LogP contribution in [0.3, 0.4) is 0 Å². The Morgan fingerprint density at radius 2 is 1.20 bits per heavy atom. The standard InChI is InChI=1S/C2N2.Li.H/c3-1-2-4;;. The second-order valence-electron chi connectivity index (χ2n) is 0.224. The monoisotopic (exact) mass is 60.0 g/mol. The molecule has 0 radical (unpaired) electrons. The molecular weight excluding hydrogens is 59.0 g/mol. The summed E-state index contributed by atoms with van der Waals surface area (Å²) < 4.78 is 0. The number of rotatable bonds is 0. The van der Waals surface area contributed by atoms with Crippen LogP contribution in [0.2, 0.25) is 0 Å². The van der Waals surface area contributed by atoms with E-state index in [4.69, 9.17) is 10.5 Å². The van der Waals surface area contributed by atoms with Crippen LogP contribution in [0, 0.1) is 22.7 Å². The second kappa shape index (κ2) is 9.55. The van der Waals surface area contributed by atoms with Gasteiger partial charge in [0.2, 0.25) is 0 Å². The molecule has 0 saturated heterocycles. The summed E-state index contributed by atoms with van der Waals surface area (Å²) in [5.74, 6) is 0. The molecule has 0 fully saturated rings. The quantitative estimate of drug-likeness (QED) is 0.350. The Labute approximate surface area is 42.2 Å². The zero-order chi connectivity index (χ0) is 3.41. The molecule has 5 heavy (non-hydrogen) atoms. The summed E-state index contributed by atoms with van der Waals surface area (Å²) in [4.78, 5) is 0. The Hall–Kier alpha value is -0.423. The van der Waals surface area contributed by atoms with Gasteiger partial charge in [0.15, 0.2) is 12.1 Å². The van der Waals surface area contributed by atoms with Crippen LogP contribution in [0.25, 0.3) is 0 Å². The zero-order valence-electron chi connectivity index (χ0n) is 1.89. The van der Waals surface area contributed by atoms with Gasteiger partial charge in [0, 0.05) is 0 Å². The molecule has 0 aromatic rings. The van der Waals surface area contributed by atoms with Gasteiger partial charge in [-0.25, -0.2) is 0 Å². The number of nitrogens with zero attached hydrogens (tertiary/aromatic N) is 2. The van der Waals surface area contributed by atoms with Crippen molar-refractivity contribution in [3.05, 3.63) is 0 Å². The van der Waals surface area contributed by atoms with Gasteiger partial charge in [-0.15, -0.1) is 0 Å². The predicted octanol–water partition coefficient (Wildman–Crippen LogP) is -0.615. The molecule has 0 amide bonds. The Balaban J connectivity index is 0. The molecule has 0 aliphatic heterocycles. The van der Waals surface area contributed by atoms with Crippen molar-refractivity contribution in [2.45, 2.75) is 0 Å². The first kappa shape index (κ1) is 8.82. The Bertz CT molecular complexity index is 62.6. The average Bonchev–Trinajstić information content (AvgIpc) is 1.37. The summed E-state index contributed by atoms with van der Waals surface area (Å²) in [5, 5.41) is 14.5. The first-order valence-corrected chi connectivity index (χ1v) is 0.697. The van der Waals surface area contributed by atoms with Crippen molar-refractivity contribution in [1.29, 1.82) is 10.5 Å². The fourth-order valence-electron chi connectivity index (χ4n) is 0. The molecule has 0 aromatic heterocycles. The van der Waals surface area contributed by atoms with Crippen molar-refractivity contribution < 1.29 is 0 Å². The third kappa shape index (κ3) is 26.7. The van der Waals surface area contributed by atoms with Crippen molar-refractivity contribution in [2.75, 3.05) is 0 Å². The third-order valence-electron chi connectivity index (χ3n) is 0.0500. The van der Waals surface area contributed by atoms with Gasteiger partial charge in [-0.05, 0) is 0 Å². The molecule has 0 aromatic carbocycles. The molecule has 0 atom stereocenters. The summed E-state index contributed by atoms with van der Waals surface area (Å²) in [7, 11) is 0. The minimum atomic E-state index is 0. The molecule has 0 spiro atoms. The van der Waals surface area contributed by atoms with Crippen LogP contribution in [0.4, 0.5) is 0 Å². The van der Waals surface area contributed by atoms with Crippen molar-refractivity contribution >= 4 is 18.9 Å². The topological polar surface area (TPSA) is 47.6 Å². The van der Waals surface area contributed by atoms with E-state index < -0.39 is 0 Å². The summed E-state index contributed by atoms with van der Waals surface area (Å²) in [5.41, 5.74) is 0. The Morgan fingerprint density at radius 3 is 1.20 bits per heavy atom. The molecule has 0 rings (SSSR count). The van der Waals surface area contributed by atoms with Crippen LogP contribution in [0.1, 0.15) is 0 Å². The van der Waals surface area contributed by atoms with Crippen LogP contribution in [-0.4, -0.2) is 18.9 Å². The molecule has 0 bridgehead atoms. The van der Waals surface area contributed by atoms with E-state index in [9.17, 15) is 0 Å². The Kier molecular flexibility index (Phi) is 16.8. The molecule has 0 N–H and O–H groups in total. The summed E-state index contributed by atoms with van der Waals surface area (Å²) in [6.07, 6.45) is 0. The van der Waals surface area contributed by atoms with Crippen molar-refractivity contribution in [3.8, 4) is 12.1 Å². The first-order valence-electron chi connectivity index (χ1n) is 0.697. The maximum absolute atomic E-state index is 7.26. The van der Waals surface area contributed by atoms with Crippen molar-refractivity contribution in [1.82, 2.24) is 0 Å². The molecule has 2 nitrogen and oxygen atoms in total. The van der Waals surface area contributed by atoms with E-state index in [-0.39, 0.29) is 18.9 Å². The van der Waals surface area contributed by atoms with E-state index in [1.165, 1.54) is 12.1 Å². The SMILES string of the molecule is N#CC#N.[LiH]. The number of hydrogen-bond donors (Lipinski definition) is 0. The molecule has 0 heterocycles. The van der Waals surface area contributed by atoms with Gasteiger partial charge >= 0.3 is 18.9 Å². The van der Waals surface area contributed by atoms with Gasteiger partial charge in [0.25, 0.3) is 0 Å². The van der Waals surface area contributed by atoms with Gasteiger partial charge in [-0.3, -0.25) is 0 Å². The second-order valence-corrected chi connectivity index (χ2v) is 0.224. The van der Waals surface area contributed by atoms with Crippen LogP contribution in [0.5, 0.6) is 0 Å². The molecular formula is C2HLiN2. The van der Waals surface area contributed by atoms with Gasteiger partial charge in [-0.2, -0.15) is 10.5 Å². The van der Waals surface area contributed by atoms with E-state index in [1.807, 2.05) is 0 Å². The average molecular weight is 60.0 g/mol. The Morgan fingerprint density at radius 1 is 1.00 bits per heavy atom. The van der Waals surface area contributed by atoms with Gasteiger partial charge in [-0.1, -0.05) is 0 Å². The molecule has 0 unspecified atom stereocenters. The molecule has 0 aliphatic rings. The van der Waals surface area contributed by atoms with Crippen LogP contribution >= 0.6 is 0 Å². The van der Waals surface area contributed by atoms with Gasteiger partial charge < -0.3 is 0 Å². The summed E-state index contributed by atoms with van der Waals surface area (Å²) in [6.45, 7) is 0. The zero-order valence-corrected chi connectivity index (χ0v) is 1.89. The fourth-order valence-corrected chi connectivity index (χ4v) is 0. The van der Waals surface area contributed by atoms with E-state index in [0.717, 1.165) is 0 Å². The molecule has 20 valence electrons. The summed E-state index contributed by atoms with van der Waals surface area (Å²) in [6, 6.07) is 2.47. The van der Waals surface area contributed by atoms with E-state index in [2.05, 4.69) is 0 Å². The molecule has 0 aliphatic carbocycles. The molecule has 3 heteroatoms. The van der Waals surface area contributed by atoms with Crippen molar-refractivity contribution in [2.24, 2.45) is 0 Å². The third-order valence-corrected chi connectivity index (χ3v) is 0.0500. The summed E-state index contributed by atoms with van der Waals surface area (Å²) >= 11 is 0. The number of nitriles is 2. The van der Waals surface area contributed by atoms with Crippen LogP contribution in [0.15, 0.2) is 0 Å². The van der Waals surface area contributed by atoms with E-state index >= 15 is 0 Å².